The fourth-order valence-corrected chi connectivity index (χ4v) is 3.32. The Morgan fingerprint density at radius 2 is 1.90 bits per heavy atom. The van der Waals surface area contributed by atoms with Gasteiger partial charge in [-0.3, -0.25) is 9.59 Å². The maximum Gasteiger partial charge on any atom is 0.329 e. The van der Waals surface area contributed by atoms with Crippen LogP contribution in [0, 0.1) is 0 Å². The minimum absolute atomic E-state index is 0.0953. The van der Waals surface area contributed by atoms with Crippen molar-refractivity contribution in [2.45, 2.75) is 13.0 Å². The van der Waals surface area contributed by atoms with E-state index in [1.54, 1.807) is 24.3 Å². The zero-order valence-corrected chi connectivity index (χ0v) is 12.8. The Bertz CT molecular complexity index is 479. The summed E-state index contributed by atoms with van der Waals surface area (Å²) in [5.74, 6) is -0.587. The highest BCUT2D eigenvalue weighted by atomic mass is 33.1. The van der Waals surface area contributed by atoms with E-state index in [1.165, 1.54) is 24.8 Å². The van der Waals surface area contributed by atoms with E-state index in [2.05, 4.69) is 10.1 Å². The monoisotopic (exact) mass is 313 g/mol. The lowest BCUT2D eigenvalue weighted by molar-refractivity contribution is -0.144. The third-order valence-electron chi connectivity index (χ3n) is 2.24. The fourth-order valence-electron chi connectivity index (χ4n) is 1.33. The van der Waals surface area contributed by atoms with E-state index in [-0.39, 0.29) is 16.8 Å². The van der Waals surface area contributed by atoms with Gasteiger partial charge in [-0.05, 0) is 10.8 Å². The molecule has 108 valence electrons. The molecule has 0 heterocycles. The fraction of sp³-hybridized carbons (Fsp3) is 0.308. The lowest BCUT2D eigenvalue weighted by atomic mass is 10.2. The molecule has 0 aliphatic carbocycles. The van der Waals surface area contributed by atoms with Crippen molar-refractivity contribution in [3.05, 3.63) is 35.9 Å². The van der Waals surface area contributed by atoms with Crippen LogP contribution < -0.4 is 5.32 Å². The van der Waals surface area contributed by atoms with Gasteiger partial charge in [-0.1, -0.05) is 41.1 Å². The Balaban J connectivity index is 2.46. The Labute approximate surface area is 125 Å². The quantitative estimate of drug-likeness (QED) is 0.639. The zero-order chi connectivity index (χ0) is 15.0. The molecule has 0 saturated heterocycles. The van der Waals surface area contributed by atoms with Crippen molar-refractivity contribution < 1.29 is 19.1 Å². The minimum Gasteiger partial charge on any atom is -0.467 e. The number of carbonyl (C=O) groups excluding carboxylic acids is 3. The molecule has 0 radical (unpaired) electrons. The molecule has 0 aliphatic heterocycles. The van der Waals surface area contributed by atoms with Crippen LogP contribution in [0.1, 0.15) is 17.3 Å². The molecule has 0 aromatic heterocycles. The zero-order valence-electron chi connectivity index (χ0n) is 11.1. The topological polar surface area (TPSA) is 72.5 Å². The second-order valence-electron chi connectivity index (χ2n) is 3.80. The highest BCUT2D eigenvalue weighted by Gasteiger charge is 2.21. The highest BCUT2D eigenvalue weighted by Crippen LogP contribution is 2.26. The van der Waals surface area contributed by atoms with Crippen LogP contribution in [-0.4, -0.2) is 35.9 Å². The Morgan fingerprint density at radius 3 is 2.45 bits per heavy atom. The van der Waals surface area contributed by atoms with Gasteiger partial charge in [0.2, 0.25) is 11.0 Å². The van der Waals surface area contributed by atoms with Crippen LogP contribution in [-0.2, 0) is 14.3 Å². The third kappa shape index (κ3) is 5.66. The lowest BCUT2D eigenvalue weighted by Crippen LogP contribution is -2.42. The summed E-state index contributed by atoms with van der Waals surface area (Å²) < 4.78 is 4.59. The summed E-state index contributed by atoms with van der Waals surface area (Å²) in [5, 5.41) is 2.39. The van der Waals surface area contributed by atoms with Gasteiger partial charge in [0.1, 0.15) is 6.04 Å². The normalized spacial score (nSPS) is 11.5. The van der Waals surface area contributed by atoms with E-state index in [4.69, 9.17) is 0 Å². The maximum atomic E-state index is 11.8. The van der Waals surface area contributed by atoms with E-state index in [1.807, 2.05) is 6.07 Å². The predicted octanol–water partition coefficient (Wildman–Crippen LogP) is 1.89. The molecular formula is C13H15NO4S2. The maximum absolute atomic E-state index is 11.8. The number of ether oxygens (including phenoxy) is 1. The number of hydrogen-bond donors (Lipinski definition) is 1. The molecule has 0 bridgehead atoms. The molecule has 1 N–H and O–H groups in total. The van der Waals surface area contributed by atoms with Crippen LogP contribution in [0.5, 0.6) is 0 Å². The average molecular weight is 313 g/mol. The second kappa shape index (κ2) is 8.65. The summed E-state index contributed by atoms with van der Waals surface area (Å²) in [4.78, 5) is 34.3. The van der Waals surface area contributed by atoms with E-state index in [9.17, 15) is 14.4 Å². The summed E-state index contributed by atoms with van der Waals surface area (Å²) in [6.07, 6.45) is 0. The number of esters is 1. The molecule has 7 heteroatoms. The van der Waals surface area contributed by atoms with Crippen LogP contribution in [0.25, 0.3) is 0 Å². The van der Waals surface area contributed by atoms with Gasteiger partial charge in [-0.2, -0.15) is 0 Å². The van der Waals surface area contributed by atoms with E-state index >= 15 is 0 Å². The predicted molar refractivity (Wildman–Crippen MR) is 80.4 cm³/mol. The standard InChI is InChI=1S/C13H15NO4S2/c1-9(15)14-11(12(16)18-2)8-19-20-13(17)10-6-4-3-5-7-10/h3-7,11H,8H2,1-2H3,(H,14,15). The first-order valence-corrected chi connectivity index (χ1v) is 8.10. The first-order valence-electron chi connectivity index (χ1n) is 5.78. The number of rotatable bonds is 6. The number of carbonyl (C=O) groups is 3. The summed E-state index contributed by atoms with van der Waals surface area (Å²) in [6.45, 7) is 1.32. The Hall–Kier alpha value is -1.47. The lowest BCUT2D eigenvalue weighted by Gasteiger charge is -2.14. The molecule has 20 heavy (non-hydrogen) atoms. The van der Waals surface area contributed by atoms with Crippen LogP contribution in [0.4, 0.5) is 0 Å². The number of benzene rings is 1. The smallest absolute Gasteiger partial charge is 0.329 e. The first-order chi connectivity index (χ1) is 9.54. The van der Waals surface area contributed by atoms with Crippen molar-refractivity contribution in [2.75, 3.05) is 12.9 Å². The summed E-state index contributed by atoms with van der Waals surface area (Å²) in [6, 6.07) is 8.10. The molecule has 5 nitrogen and oxygen atoms in total. The molecule has 1 aromatic carbocycles. The van der Waals surface area contributed by atoms with Gasteiger partial charge in [0, 0.05) is 18.2 Å². The van der Waals surface area contributed by atoms with Crippen LogP contribution in [0.3, 0.4) is 0 Å². The van der Waals surface area contributed by atoms with Crippen LogP contribution in [0.15, 0.2) is 30.3 Å². The van der Waals surface area contributed by atoms with Crippen molar-refractivity contribution in [3.8, 4) is 0 Å². The van der Waals surface area contributed by atoms with Gasteiger partial charge < -0.3 is 10.1 Å². The molecule has 1 atom stereocenters. The highest BCUT2D eigenvalue weighted by molar-refractivity contribution is 8.82. The summed E-state index contributed by atoms with van der Waals surface area (Å²) in [7, 11) is 3.49. The van der Waals surface area contributed by atoms with Gasteiger partial charge in [-0.25, -0.2) is 4.79 Å². The van der Waals surface area contributed by atoms with Gasteiger partial charge in [0.05, 0.1) is 7.11 Å². The molecular weight excluding hydrogens is 298 g/mol. The van der Waals surface area contributed by atoms with E-state index in [0.717, 1.165) is 10.8 Å². The molecule has 0 aliphatic rings. The van der Waals surface area contributed by atoms with Crippen LogP contribution in [0.2, 0.25) is 0 Å². The molecule has 1 aromatic rings. The van der Waals surface area contributed by atoms with Crippen molar-refractivity contribution >= 4 is 38.6 Å². The van der Waals surface area contributed by atoms with Crippen molar-refractivity contribution in [3.63, 3.8) is 0 Å². The first kappa shape index (κ1) is 16.6. The molecule has 0 spiro atoms. The number of hydrogen-bond acceptors (Lipinski definition) is 6. The molecule has 0 fully saturated rings. The second-order valence-corrected chi connectivity index (χ2v) is 6.11. The van der Waals surface area contributed by atoms with Crippen LogP contribution >= 0.6 is 21.6 Å². The van der Waals surface area contributed by atoms with Gasteiger partial charge in [0.25, 0.3) is 0 Å². The van der Waals surface area contributed by atoms with E-state index < -0.39 is 12.0 Å². The molecule has 1 rings (SSSR count). The number of methoxy groups -OCH3 is 1. The summed E-state index contributed by atoms with van der Waals surface area (Å²) in [5.41, 5.74) is 0.596. The van der Waals surface area contributed by atoms with E-state index in [0.29, 0.717) is 5.56 Å². The van der Waals surface area contributed by atoms with Crippen molar-refractivity contribution in [2.24, 2.45) is 0 Å². The number of nitrogens with one attached hydrogen (secondary N) is 1. The van der Waals surface area contributed by atoms with Crippen molar-refractivity contribution in [1.29, 1.82) is 0 Å². The van der Waals surface area contributed by atoms with Gasteiger partial charge in [-0.15, -0.1) is 0 Å². The average Bonchev–Trinajstić information content (AvgIpc) is 2.45. The largest absolute Gasteiger partial charge is 0.467 e. The molecule has 1 unspecified atom stereocenters. The molecule has 1 amide bonds. The molecule has 0 saturated carbocycles. The Morgan fingerprint density at radius 1 is 1.25 bits per heavy atom. The van der Waals surface area contributed by atoms with Gasteiger partial charge in [0.15, 0.2) is 0 Å². The summed E-state index contributed by atoms with van der Waals surface area (Å²) >= 11 is 0. The minimum atomic E-state index is -0.751. The van der Waals surface area contributed by atoms with Gasteiger partial charge >= 0.3 is 5.97 Å². The third-order valence-corrected chi connectivity index (χ3v) is 4.43. The van der Waals surface area contributed by atoms with Crippen molar-refractivity contribution in [1.82, 2.24) is 5.32 Å². The number of amides is 1. The SMILES string of the molecule is COC(=O)C(CSSC(=O)c1ccccc1)NC(C)=O. The Kier molecular flexibility index (Phi) is 7.17.